The third-order valence-corrected chi connectivity index (χ3v) is 7.25. The standard InChI is InChI=1S/C22H26N2O3S/c1-13-14(2)21(15(3)19-11-22(5,6)27-20(13)19)28(25,26)24-16(4)18-9-7-17(12-23)8-10-18/h7-10,16,24H,11H2,1-6H3/t16-/m1/s1. The van der Waals surface area contributed by atoms with Crippen molar-refractivity contribution in [3.05, 3.63) is 57.6 Å². The molecule has 0 aliphatic carbocycles. The van der Waals surface area contributed by atoms with Gasteiger partial charge in [-0.05, 0) is 75.9 Å². The molecule has 1 heterocycles. The number of nitrogens with one attached hydrogen (secondary N) is 1. The van der Waals surface area contributed by atoms with E-state index in [1.165, 1.54) is 0 Å². The zero-order valence-electron chi connectivity index (χ0n) is 17.2. The van der Waals surface area contributed by atoms with E-state index in [0.717, 1.165) is 28.0 Å². The maximum Gasteiger partial charge on any atom is 0.241 e. The number of hydrogen-bond acceptors (Lipinski definition) is 4. The summed E-state index contributed by atoms with van der Waals surface area (Å²) in [5.74, 6) is 0.819. The molecule has 2 aromatic rings. The predicted molar refractivity (Wildman–Crippen MR) is 109 cm³/mol. The van der Waals surface area contributed by atoms with E-state index in [1.54, 1.807) is 31.2 Å². The Kier molecular flexibility index (Phi) is 5.03. The highest BCUT2D eigenvalue weighted by Crippen LogP contribution is 2.43. The largest absolute Gasteiger partial charge is 0.487 e. The van der Waals surface area contributed by atoms with Crippen LogP contribution in [0.2, 0.25) is 0 Å². The summed E-state index contributed by atoms with van der Waals surface area (Å²) in [5.41, 5.74) is 4.33. The second-order valence-corrected chi connectivity index (χ2v) is 9.78. The Morgan fingerprint density at radius 1 is 1.11 bits per heavy atom. The Balaban J connectivity index is 2.01. The van der Waals surface area contributed by atoms with Gasteiger partial charge in [0.05, 0.1) is 16.5 Å². The van der Waals surface area contributed by atoms with Crippen molar-refractivity contribution in [3.63, 3.8) is 0 Å². The average molecular weight is 399 g/mol. The van der Waals surface area contributed by atoms with Crippen LogP contribution in [0.5, 0.6) is 5.75 Å². The fourth-order valence-electron chi connectivity index (χ4n) is 3.85. The quantitative estimate of drug-likeness (QED) is 0.836. The van der Waals surface area contributed by atoms with Gasteiger partial charge in [0.1, 0.15) is 11.4 Å². The summed E-state index contributed by atoms with van der Waals surface area (Å²) in [6.45, 7) is 11.4. The van der Waals surface area contributed by atoms with Gasteiger partial charge in [-0.3, -0.25) is 0 Å². The number of benzene rings is 2. The molecule has 0 amide bonds. The molecule has 1 aliphatic heterocycles. The van der Waals surface area contributed by atoms with Crippen LogP contribution in [0.15, 0.2) is 29.2 Å². The van der Waals surface area contributed by atoms with Crippen LogP contribution in [0.25, 0.3) is 0 Å². The second kappa shape index (κ2) is 6.91. The number of rotatable bonds is 4. The van der Waals surface area contributed by atoms with Crippen LogP contribution in [0, 0.1) is 32.1 Å². The van der Waals surface area contributed by atoms with Crippen LogP contribution in [-0.4, -0.2) is 14.0 Å². The zero-order valence-corrected chi connectivity index (χ0v) is 18.0. The topological polar surface area (TPSA) is 79.2 Å². The Labute approximate surface area is 167 Å². The Bertz CT molecular complexity index is 1080. The smallest absolute Gasteiger partial charge is 0.241 e. The highest BCUT2D eigenvalue weighted by molar-refractivity contribution is 7.89. The van der Waals surface area contributed by atoms with Crippen LogP contribution in [0.3, 0.4) is 0 Å². The maximum absolute atomic E-state index is 13.3. The van der Waals surface area contributed by atoms with Crippen molar-refractivity contribution in [2.24, 2.45) is 0 Å². The minimum Gasteiger partial charge on any atom is -0.487 e. The van der Waals surface area contributed by atoms with Gasteiger partial charge >= 0.3 is 0 Å². The molecule has 1 atom stereocenters. The normalized spacial score (nSPS) is 16.2. The Morgan fingerprint density at radius 3 is 2.29 bits per heavy atom. The summed E-state index contributed by atoms with van der Waals surface area (Å²) in [7, 11) is -3.74. The van der Waals surface area contributed by atoms with Crippen LogP contribution in [0.4, 0.5) is 0 Å². The lowest BCUT2D eigenvalue weighted by atomic mass is 9.94. The summed E-state index contributed by atoms with van der Waals surface area (Å²) in [5, 5.41) is 8.93. The number of nitrogens with zero attached hydrogens (tertiary/aromatic N) is 1. The van der Waals surface area contributed by atoms with Gasteiger partial charge in [0.2, 0.25) is 10.0 Å². The fraction of sp³-hybridized carbons (Fsp3) is 0.409. The Morgan fingerprint density at radius 2 is 1.71 bits per heavy atom. The van der Waals surface area contributed by atoms with E-state index in [-0.39, 0.29) is 5.60 Å². The van der Waals surface area contributed by atoms with Crippen LogP contribution in [0.1, 0.15) is 60.2 Å². The first-order chi connectivity index (χ1) is 13.0. The first-order valence-corrected chi connectivity index (χ1v) is 10.8. The van der Waals surface area contributed by atoms with E-state index in [4.69, 9.17) is 10.00 Å². The number of hydrogen-bond donors (Lipinski definition) is 1. The lowest BCUT2D eigenvalue weighted by Gasteiger charge is -2.21. The number of nitriles is 1. The highest BCUT2D eigenvalue weighted by Gasteiger charge is 2.36. The number of fused-ring (bicyclic) bond motifs is 1. The van der Waals surface area contributed by atoms with Crippen molar-refractivity contribution < 1.29 is 13.2 Å². The zero-order chi connectivity index (χ0) is 20.9. The molecular formula is C22H26N2O3S. The molecule has 28 heavy (non-hydrogen) atoms. The summed E-state index contributed by atoms with van der Waals surface area (Å²) in [6, 6.07) is 8.58. The molecule has 0 saturated carbocycles. The van der Waals surface area contributed by atoms with Gasteiger partial charge in [0.15, 0.2) is 0 Å². The van der Waals surface area contributed by atoms with Crippen molar-refractivity contribution in [3.8, 4) is 11.8 Å². The third kappa shape index (κ3) is 3.52. The van der Waals surface area contributed by atoms with Crippen molar-refractivity contribution in [1.82, 2.24) is 4.72 Å². The van der Waals surface area contributed by atoms with E-state index >= 15 is 0 Å². The molecule has 6 heteroatoms. The van der Waals surface area contributed by atoms with Gasteiger partial charge in [-0.15, -0.1) is 0 Å². The molecule has 5 nitrogen and oxygen atoms in total. The Hall–Kier alpha value is -2.36. The summed E-state index contributed by atoms with van der Waals surface area (Å²) in [4.78, 5) is 0.338. The average Bonchev–Trinajstić information content (AvgIpc) is 2.95. The number of ether oxygens (including phenoxy) is 1. The van der Waals surface area contributed by atoms with Crippen LogP contribution >= 0.6 is 0 Å². The van der Waals surface area contributed by atoms with Gasteiger partial charge in [-0.2, -0.15) is 5.26 Å². The van der Waals surface area contributed by atoms with E-state index in [1.807, 2.05) is 34.6 Å². The van der Waals surface area contributed by atoms with Crippen LogP contribution < -0.4 is 9.46 Å². The molecular weight excluding hydrogens is 372 g/mol. The maximum atomic E-state index is 13.3. The summed E-state index contributed by atoms with van der Waals surface area (Å²) < 4.78 is 35.5. The molecule has 0 radical (unpaired) electrons. The molecule has 148 valence electrons. The molecule has 0 bridgehead atoms. The van der Waals surface area contributed by atoms with Crippen molar-refractivity contribution >= 4 is 10.0 Å². The molecule has 2 aromatic carbocycles. The van der Waals surface area contributed by atoms with E-state index in [2.05, 4.69) is 10.8 Å². The first kappa shape index (κ1) is 20.4. The molecule has 0 spiro atoms. The van der Waals surface area contributed by atoms with E-state index in [0.29, 0.717) is 22.4 Å². The lowest BCUT2D eigenvalue weighted by molar-refractivity contribution is 0.137. The molecule has 0 fully saturated rings. The van der Waals surface area contributed by atoms with Crippen molar-refractivity contribution in [2.45, 2.75) is 64.5 Å². The first-order valence-electron chi connectivity index (χ1n) is 9.31. The van der Waals surface area contributed by atoms with Gasteiger partial charge in [0.25, 0.3) is 0 Å². The molecule has 3 rings (SSSR count). The van der Waals surface area contributed by atoms with E-state index < -0.39 is 16.1 Å². The van der Waals surface area contributed by atoms with Gasteiger partial charge in [-0.25, -0.2) is 13.1 Å². The molecule has 0 saturated heterocycles. The fourth-order valence-corrected chi connectivity index (χ4v) is 5.66. The van der Waals surface area contributed by atoms with Gasteiger partial charge in [-0.1, -0.05) is 12.1 Å². The third-order valence-electron chi connectivity index (χ3n) is 5.43. The van der Waals surface area contributed by atoms with Crippen molar-refractivity contribution in [1.29, 1.82) is 5.26 Å². The minimum atomic E-state index is -3.74. The second-order valence-electron chi connectivity index (χ2n) is 8.13. The molecule has 1 N–H and O–H groups in total. The SMILES string of the molecule is Cc1c(C)c(S(=O)(=O)N[C@H](C)c2ccc(C#N)cc2)c(C)c2c1OC(C)(C)C2. The highest BCUT2D eigenvalue weighted by atomic mass is 32.2. The summed E-state index contributed by atoms with van der Waals surface area (Å²) >= 11 is 0. The van der Waals surface area contributed by atoms with E-state index in [9.17, 15) is 8.42 Å². The van der Waals surface area contributed by atoms with Gasteiger partial charge < -0.3 is 4.74 Å². The molecule has 1 aliphatic rings. The van der Waals surface area contributed by atoms with Crippen LogP contribution in [-0.2, 0) is 16.4 Å². The summed E-state index contributed by atoms with van der Waals surface area (Å²) in [6.07, 6.45) is 0.684. The number of sulfonamides is 1. The lowest BCUT2D eigenvalue weighted by Crippen LogP contribution is -2.28. The monoisotopic (exact) mass is 398 g/mol. The van der Waals surface area contributed by atoms with Crippen molar-refractivity contribution in [2.75, 3.05) is 0 Å². The minimum absolute atomic E-state index is 0.337. The molecule has 0 aromatic heterocycles. The predicted octanol–water partition coefficient (Wildman–Crippen LogP) is 4.24. The van der Waals surface area contributed by atoms with Gasteiger partial charge in [0, 0.05) is 18.0 Å². The molecule has 0 unspecified atom stereocenters.